The van der Waals surface area contributed by atoms with E-state index in [2.05, 4.69) is 13.2 Å². The molecule has 0 aliphatic heterocycles. The van der Waals surface area contributed by atoms with E-state index >= 15 is 0 Å². The molecule has 0 aromatic heterocycles. The zero-order chi connectivity index (χ0) is 19.8. The van der Waals surface area contributed by atoms with E-state index in [1.54, 1.807) is 0 Å². The van der Waals surface area contributed by atoms with Gasteiger partial charge in [0.25, 0.3) is 10.1 Å². The molecule has 0 amide bonds. The van der Waals surface area contributed by atoms with Crippen LogP contribution in [0.15, 0.2) is 24.3 Å². The van der Waals surface area contributed by atoms with Crippen molar-refractivity contribution < 1.29 is 61.9 Å². The molecule has 0 spiro atoms. The van der Waals surface area contributed by atoms with Crippen molar-refractivity contribution in [1.82, 2.24) is 0 Å². The molecule has 1 unspecified atom stereocenters. The van der Waals surface area contributed by atoms with Gasteiger partial charge in [0.05, 0.1) is 0 Å². The van der Waals surface area contributed by atoms with Crippen molar-refractivity contribution in [3.8, 4) is 0 Å². The number of esters is 3. The summed E-state index contributed by atoms with van der Waals surface area (Å²) in [5.41, 5.74) is 0.206. The van der Waals surface area contributed by atoms with Gasteiger partial charge in [0.1, 0.15) is 31.0 Å². The zero-order valence-electron chi connectivity index (χ0n) is 16.3. The summed E-state index contributed by atoms with van der Waals surface area (Å²) in [6.45, 7) is 9.17. The largest absolute Gasteiger partial charge is 1.00 e. The minimum absolute atomic E-state index is 0. The average Bonchev–Trinajstić information content (AvgIpc) is 2.50. The zero-order valence-corrected chi connectivity index (χ0v) is 16.1. The maximum Gasteiger partial charge on any atom is 1.00 e. The third kappa shape index (κ3) is 10.4. The van der Waals surface area contributed by atoms with Crippen molar-refractivity contribution >= 4 is 28.0 Å². The van der Waals surface area contributed by atoms with Crippen LogP contribution in [0, 0.1) is 5.92 Å². The number of carbonyl (C=O) groups excluding carboxylic acids is 3. The third-order valence-electron chi connectivity index (χ3n) is 2.83. The van der Waals surface area contributed by atoms with Crippen molar-refractivity contribution in [3.05, 3.63) is 24.3 Å². The smallest absolute Gasteiger partial charge is 1.00 e. The Hall–Kier alpha value is -1.60. The van der Waals surface area contributed by atoms with Crippen LogP contribution in [0.5, 0.6) is 0 Å². The Kier molecular flexibility index (Phi) is 12.2. The molecular weight excluding hydrogens is 363 g/mol. The van der Waals surface area contributed by atoms with E-state index in [0.717, 1.165) is 6.92 Å². The summed E-state index contributed by atoms with van der Waals surface area (Å²) in [4.78, 5) is 34.8. The molecule has 144 valence electrons. The molecule has 0 saturated heterocycles. The minimum atomic E-state index is -4.37. The summed E-state index contributed by atoms with van der Waals surface area (Å²) >= 11 is 0. The molecule has 0 aliphatic carbocycles. The van der Waals surface area contributed by atoms with Gasteiger partial charge < -0.3 is 15.6 Å². The second-order valence-corrected chi connectivity index (χ2v) is 7.24. The molecule has 9 nitrogen and oxygen atoms in total. The Morgan fingerprint density at radius 1 is 0.962 bits per heavy atom. The van der Waals surface area contributed by atoms with E-state index in [1.807, 2.05) is 0 Å². The standard InChI is InChI=1S/C15H22O9S.Li.H/c1-9(2)13(16)23-7-12(8-24-14(17)10(3)4)15(18)22-6-11(5)25(19,20)21;;/h11-12H,1,3,6-8H2,2,4-5H3,(H,19,20,21);;/q;+1;-1. The quantitative estimate of drug-likeness (QED) is 0.146. The minimum Gasteiger partial charge on any atom is -1.00 e. The first kappa shape index (κ1) is 26.6. The molecule has 0 radical (unpaired) electrons. The van der Waals surface area contributed by atoms with E-state index < -0.39 is 59.0 Å². The summed E-state index contributed by atoms with van der Waals surface area (Å²) in [5, 5.41) is -1.34. The van der Waals surface area contributed by atoms with E-state index in [0.29, 0.717) is 0 Å². The second kappa shape index (κ2) is 11.9. The molecule has 0 saturated carbocycles. The molecule has 0 rings (SSSR count). The Bertz CT molecular complexity index is 630. The van der Waals surface area contributed by atoms with Gasteiger partial charge in [-0.1, -0.05) is 13.2 Å². The summed E-state index contributed by atoms with van der Waals surface area (Å²) in [6.07, 6.45) is 0. The Labute approximate surface area is 166 Å². The molecule has 0 aromatic rings. The predicted octanol–water partition coefficient (Wildman–Crippen LogP) is -2.22. The summed E-state index contributed by atoms with van der Waals surface area (Å²) in [6, 6.07) is 0. The fourth-order valence-electron chi connectivity index (χ4n) is 1.19. The first-order valence-corrected chi connectivity index (χ1v) is 8.64. The van der Waals surface area contributed by atoms with Crippen LogP contribution in [0.3, 0.4) is 0 Å². The van der Waals surface area contributed by atoms with Gasteiger partial charge in [-0.05, 0) is 20.8 Å². The molecule has 0 bridgehead atoms. The summed E-state index contributed by atoms with van der Waals surface area (Å²) < 4.78 is 45.1. The van der Waals surface area contributed by atoms with Gasteiger partial charge in [-0.3, -0.25) is 9.35 Å². The molecule has 0 aromatic carbocycles. The van der Waals surface area contributed by atoms with E-state index in [1.165, 1.54) is 13.8 Å². The van der Waals surface area contributed by atoms with Crippen molar-refractivity contribution in [2.45, 2.75) is 26.0 Å². The second-order valence-electron chi connectivity index (χ2n) is 5.41. The van der Waals surface area contributed by atoms with Crippen LogP contribution in [0.4, 0.5) is 0 Å². The van der Waals surface area contributed by atoms with Gasteiger partial charge in [0.15, 0.2) is 0 Å². The molecular formula is C15H23LiO9S. The molecule has 0 fully saturated rings. The molecule has 0 aliphatic rings. The summed E-state index contributed by atoms with van der Waals surface area (Å²) in [7, 11) is -4.37. The van der Waals surface area contributed by atoms with Crippen LogP contribution in [-0.4, -0.2) is 55.9 Å². The normalized spacial score (nSPS) is 11.7. The van der Waals surface area contributed by atoms with Crippen LogP contribution < -0.4 is 18.9 Å². The van der Waals surface area contributed by atoms with Crippen LogP contribution in [-0.2, 0) is 38.7 Å². The van der Waals surface area contributed by atoms with E-state index in [9.17, 15) is 22.8 Å². The predicted molar refractivity (Wildman–Crippen MR) is 88.1 cm³/mol. The van der Waals surface area contributed by atoms with Crippen LogP contribution in [0.2, 0.25) is 0 Å². The fourth-order valence-corrected chi connectivity index (χ4v) is 1.43. The Morgan fingerprint density at radius 3 is 1.65 bits per heavy atom. The Morgan fingerprint density at radius 2 is 1.35 bits per heavy atom. The molecule has 26 heavy (non-hydrogen) atoms. The first-order chi connectivity index (χ1) is 11.4. The third-order valence-corrected chi connectivity index (χ3v) is 3.98. The van der Waals surface area contributed by atoms with Crippen molar-refractivity contribution in [3.63, 3.8) is 0 Å². The molecule has 11 heteroatoms. The van der Waals surface area contributed by atoms with E-state index in [-0.39, 0.29) is 31.4 Å². The van der Waals surface area contributed by atoms with Gasteiger partial charge in [0, 0.05) is 11.1 Å². The maximum absolute atomic E-state index is 12.0. The maximum atomic E-state index is 12.0. The van der Waals surface area contributed by atoms with Crippen LogP contribution in [0.25, 0.3) is 0 Å². The van der Waals surface area contributed by atoms with Crippen molar-refractivity contribution in [1.29, 1.82) is 0 Å². The molecule has 0 heterocycles. The van der Waals surface area contributed by atoms with Gasteiger partial charge in [-0.25, -0.2) is 9.59 Å². The van der Waals surface area contributed by atoms with Gasteiger partial charge in [-0.15, -0.1) is 0 Å². The number of rotatable bonds is 10. The van der Waals surface area contributed by atoms with Crippen molar-refractivity contribution in [2.75, 3.05) is 19.8 Å². The van der Waals surface area contributed by atoms with Crippen LogP contribution in [0.1, 0.15) is 22.2 Å². The van der Waals surface area contributed by atoms with Gasteiger partial charge in [0.2, 0.25) is 0 Å². The SMILES string of the molecule is C=C(C)C(=O)OCC(COC(=O)C(=C)C)C(=O)OCC(C)S(=O)(=O)O.[H-].[Li+]. The summed E-state index contributed by atoms with van der Waals surface area (Å²) in [5.74, 6) is -3.65. The van der Waals surface area contributed by atoms with Crippen molar-refractivity contribution in [2.24, 2.45) is 5.92 Å². The van der Waals surface area contributed by atoms with Crippen LogP contribution >= 0.6 is 0 Å². The van der Waals surface area contributed by atoms with E-state index in [4.69, 9.17) is 18.8 Å². The molecule has 1 N–H and O–H groups in total. The number of hydrogen-bond donors (Lipinski definition) is 1. The number of carbonyl (C=O) groups is 3. The molecule has 1 atom stereocenters. The fraction of sp³-hybridized carbons (Fsp3) is 0.533. The number of hydrogen-bond acceptors (Lipinski definition) is 8. The van der Waals surface area contributed by atoms with Gasteiger partial charge in [-0.2, -0.15) is 8.42 Å². The first-order valence-electron chi connectivity index (χ1n) is 7.14. The monoisotopic (exact) mass is 386 g/mol. The Balaban J connectivity index is -0.00000288. The van der Waals surface area contributed by atoms with Gasteiger partial charge >= 0.3 is 36.8 Å². The average molecular weight is 386 g/mol. The topological polar surface area (TPSA) is 133 Å². The number of ether oxygens (including phenoxy) is 3.